The number of hydrogen-bond acceptors (Lipinski definition) is 7. The van der Waals surface area contributed by atoms with Crippen LogP contribution in [-0.4, -0.2) is 39.0 Å². The molecule has 6 nitrogen and oxygen atoms in total. The number of aryl methyl sites for hydroxylation is 1. The molecule has 4 aromatic rings. The molecule has 2 heterocycles. The van der Waals surface area contributed by atoms with Crippen LogP contribution in [-0.2, 0) is 26.3 Å². The molecular formula is C35H36O6S2. The third-order valence-corrected chi connectivity index (χ3v) is 11.1. The fourth-order valence-corrected chi connectivity index (χ4v) is 8.31. The lowest BCUT2D eigenvalue weighted by atomic mass is 9.62. The standard InChI is InChI=1S/C35H36O6S2/c1-3-40-34(37)20-35(18-28(36)19-35)27-6-8-29(9-7-27)41-21-24-4-11-33-31(17-24)32(22-42-33)30-10-5-26(16-23(30)2)25-12-14-43(38,39)15-13-25/h4-12,16-17,22,38-39H,3,13-15,18-21H2,1-2H3. The van der Waals surface area contributed by atoms with Crippen LogP contribution in [0.15, 0.2) is 72.1 Å². The van der Waals surface area contributed by atoms with Gasteiger partial charge in [0.2, 0.25) is 0 Å². The second-order valence-electron chi connectivity index (χ2n) is 11.6. The monoisotopic (exact) mass is 616 g/mol. The highest BCUT2D eigenvalue weighted by Crippen LogP contribution is 2.46. The van der Waals surface area contributed by atoms with Gasteiger partial charge in [-0.25, -0.2) is 0 Å². The van der Waals surface area contributed by atoms with Crippen LogP contribution < -0.4 is 4.74 Å². The van der Waals surface area contributed by atoms with Gasteiger partial charge in [-0.3, -0.25) is 18.7 Å². The minimum atomic E-state index is -2.45. The molecule has 0 amide bonds. The van der Waals surface area contributed by atoms with Gasteiger partial charge in [-0.1, -0.05) is 42.5 Å². The van der Waals surface area contributed by atoms with Gasteiger partial charge >= 0.3 is 5.97 Å². The average molecular weight is 617 g/mol. The molecule has 1 aliphatic heterocycles. The SMILES string of the molecule is CCOC(=O)CC1(c2ccc(OCc3ccc4scc(-c5ccc(C6=CCS(O)(O)CC6)cc5C)c4c3)cc2)CC(=O)C1. The molecule has 224 valence electrons. The van der Waals surface area contributed by atoms with Crippen LogP contribution in [0.1, 0.15) is 54.9 Å². The summed E-state index contributed by atoms with van der Waals surface area (Å²) in [5.74, 6) is 1.40. The van der Waals surface area contributed by atoms with Crippen LogP contribution in [0.5, 0.6) is 5.75 Å². The summed E-state index contributed by atoms with van der Waals surface area (Å²) in [6.07, 6.45) is 3.60. The molecule has 43 heavy (non-hydrogen) atoms. The second-order valence-corrected chi connectivity index (χ2v) is 14.9. The highest BCUT2D eigenvalue weighted by molar-refractivity contribution is 8.24. The number of ether oxygens (including phenoxy) is 2. The highest BCUT2D eigenvalue weighted by atomic mass is 32.3. The fraction of sp³-hybridized carbons (Fsp3) is 0.314. The summed E-state index contributed by atoms with van der Waals surface area (Å²) in [5.41, 5.74) is 7.46. The molecule has 1 aromatic heterocycles. The lowest BCUT2D eigenvalue weighted by molar-refractivity contribution is -0.147. The lowest BCUT2D eigenvalue weighted by Gasteiger charge is -2.40. The maximum absolute atomic E-state index is 12.2. The summed E-state index contributed by atoms with van der Waals surface area (Å²) in [5, 5.41) is 3.40. The fourth-order valence-electron chi connectivity index (χ4n) is 6.19. The Morgan fingerprint density at radius 2 is 1.81 bits per heavy atom. The highest BCUT2D eigenvalue weighted by Gasteiger charge is 2.46. The van der Waals surface area contributed by atoms with Crippen molar-refractivity contribution in [1.82, 2.24) is 0 Å². The summed E-state index contributed by atoms with van der Waals surface area (Å²) in [6, 6.07) is 20.7. The smallest absolute Gasteiger partial charge is 0.306 e. The third-order valence-electron chi connectivity index (χ3n) is 8.55. The number of thiophene rings is 1. The Morgan fingerprint density at radius 3 is 2.49 bits per heavy atom. The number of fused-ring (bicyclic) bond motifs is 1. The van der Waals surface area contributed by atoms with Crippen molar-refractivity contribution in [2.45, 2.75) is 51.6 Å². The summed E-state index contributed by atoms with van der Waals surface area (Å²) >= 11 is 1.73. The lowest BCUT2D eigenvalue weighted by Crippen LogP contribution is -2.43. The van der Waals surface area contributed by atoms with Gasteiger partial charge in [-0.05, 0) is 83.3 Å². The Labute approximate surface area is 257 Å². The number of allylic oxidation sites excluding steroid dienone is 1. The Hall–Kier alpha value is -3.43. The van der Waals surface area contributed by atoms with Crippen molar-refractivity contribution in [3.8, 4) is 16.9 Å². The van der Waals surface area contributed by atoms with Gasteiger partial charge in [-0.2, -0.15) is 10.6 Å². The van der Waals surface area contributed by atoms with Crippen LogP contribution in [0.25, 0.3) is 26.8 Å². The van der Waals surface area contributed by atoms with E-state index in [1.54, 1.807) is 18.3 Å². The predicted octanol–water partition coefficient (Wildman–Crippen LogP) is 8.55. The van der Waals surface area contributed by atoms with Gasteiger partial charge < -0.3 is 9.47 Å². The molecule has 1 saturated carbocycles. The van der Waals surface area contributed by atoms with E-state index in [4.69, 9.17) is 9.47 Å². The van der Waals surface area contributed by atoms with E-state index in [1.165, 1.54) is 32.3 Å². The van der Waals surface area contributed by atoms with Gasteiger partial charge in [0.05, 0.1) is 18.8 Å². The van der Waals surface area contributed by atoms with E-state index in [9.17, 15) is 18.7 Å². The molecule has 8 heteroatoms. The number of esters is 1. The number of Topliss-reactive ketones (excluding diaryl/α,β-unsaturated/α-hetero) is 1. The van der Waals surface area contributed by atoms with Gasteiger partial charge in [0.1, 0.15) is 18.1 Å². The zero-order valence-corrected chi connectivity index (χ0v) is 26.1. The molecule has 0 saturated heterocycles. The van der Waals surface area contributed by atoms with E-state index in [0.29, 0.717) is 44.0 Å². The number of ketones is 1. The topological polar surface area (TPSA) is 93.1 Å². The first kappa shape index (κ1) is 29.6. The van der Waals surface area contributed by atoms with Crippen molar-refractivity contribution in [1.29, 1.82) is 0 Å². The molecule has 1 fully saturated rings. The number of carbonyl (C=O) groups is 2. The van der Waals surface area contributed by atoms with Crippen molar-refractivity contribution in [2.24, 2.45) is 0 Å². The molecular weight excluding hydrogens is 581 g/mol. The van der Waals surface area contributed by atoms with Gasteiger partial charge in [0, 0.05) is 39.7 Å². The van der Waals surface area contributed by atoms with E-state index in [2.05, 4.69) is 48.7 Å². The molecule has 0 bridgehead atoms. The van der Waals surface area contributed by atoms with Crippen LogP contribution in [0, 0.1) is 6.92 Å². The first-order valence-corrected chi connectivity index (χ1v) is 17.4. The number of carbonyl (C=O) groups excluding carboxylic acids is 2. The molecule has 0 radical (unpaired) electrons. The summed E-state index contributed by atoms with van der Waals surface area (Å²) in [4.78, 5) is 24.1. The third kappa shape index (κ3) is 6.29. The van der Waals surface area contributed by atoms with Crippen LogP contribution in [0.2, 0.25) is 0 Å². The van der Waals surface area contributed by atoms with Crippen LogP contribution in [0.3, 0.4) is 0 Å². The quantitative estimate of drug-likeness (QED) is 0.183. The van der Waals surface area contributed by atoms with Crippen molar-refractivity contribution in [3.05, 3.63) is 94.4 Å². The predicted molar refractivity (Wildman–Crippen MR) is 175 cm³/mol. The molecule has 0 unspecified atom stereocenters. The normalized spacial score (nSPS) is 18.0. The summed E-state index contributed by atoms with van der Waals surface area (Å²) in [7, 11) is -2.45. The van der Waals surface area contributed by atoms with E-state index in [0.717, 1.165) is 22.4 Å². The Morgan fingerprint density at radius 1 is 1.02 bits per heavy atom. The van der Waals surface area contributed by atoms with E-state index < -0.39 is 16.0 Å². The van der Waals surface area contributed by atoms with Crippen LogP contribution >= 0.6 is 21.9 Å². The molecule has 3 aromatic carbocycles. The zero-order chi connectivity index (χ0) is 30.2. The maximum Gasteiger partial charge on any atom is 0.306 e. The Kier molecular flexibility index (Phi) is 8.22. The molecule has 2 N–H and O–H groups in total. The van der Waals surface area contributed by atoms with Crippen molar-refractivity contribution in [3.63, 3.8) is 0 Å². The molecule has 0 spiro atoms. The minimum absolute atomic E-state index is 0.169. The number of hydrogen-bond donors (Lipinski definition) is 2. The van der Waals surface area contributed by atoms with E-state index >= 15 is 0 Å². The Bertz CT molecular complexity index is 1710. The van der Waals surface area contributed by atoms with Crippen molar-refractivity contribution < 1.29 is 28.2 Å². The zero-order valence-electron chi connectivity index (χ0n) is 24.4. The first-order chi connectivity index (χ1) is 20.6. The van der Waals surface area contributed by atoms with Gasteiger partial charge in [0.15, 0.2) is 0 Å². The van der Waals surface area contributed by atoms with E-state index in [1.807, 2.05) is 30.3 Å². The van der Waals surface area contributed by atoms with Gasteiger partial charge in [0.25, 0.3) is 0 Å². The van der Waals surface area contributed by atoms with Crippen molar-refractivity contribution in [2.75, 3.05) is 18.1 Å². The van der Waals surface area contributed by atoms with Crippen molar-refractivity contribution >= 4 is 49.3 Å². The maximum atomic E-state index is 12.2. The largest absolute Gasteiger partial charge is 0.489 e. The number of rotatable bonds is 9. The Balaban J connectivity index is 1.16. The molecule has 1 aliphatic carbocycles. The molecule has 2 aliphatic rings. The number of benzene rings is 3. The first-order valence-electron chi connectivity index (χ1n) is 14.6. The van der Waals surface area contributed by atoms with Crippen LogP contribution in [0.4, 0.5) is 0 Å². The van der Waals surface area contributed by atoms with Gasteiger partial charge in [-0.15, -0.1) is 11.3 Å². The minimum Gasteiger partial charge on any atom is -0.489 e. The molecule has 0 atom stereocenters. The summed E-state index contributed by atoms with van der Waals surface area (Å²) in [6.45, 7) is 4.67. The molecule has 6 rings (SSSR count). The summed E-state index contributed by atoms with van der Waals surface area (Å²) < 4.78 is 32.4. The second kappa shape index (κ2) is 11.9. The average Bonchev–Trinajstić information content (AvgIpc) is 3.38. The van der Waals surface area contributed by atoms with E-state index in [-0.39, 0.29) is 18.2 Å².